The lowest BCUT2D eigenvalue weighted by Crippen LogP contribution is -2.54. The predicted molar refractivity (Wildman–Crippen MR) is 62.3 cm³/mol. The second-order valence-electron chi connectivity index (χ2n) is 5.33. The van der Waals surface area contributed by atoms with Gasteiger partial charge in [0.1, 0.15) is 0 Å². The number of carbonyl (C=O) groups excluding carboxylic acids is 1. The quantitative estimate of drug-likeness (QED) is 0.759. The number of piperazine rings is 1. The Morgan fingerprint density at radius 1 is 1.00 bits per heavy atom. The van der Waals surface area contributed by atoms with Gasteiger partial charge in [-0.05, 0) is 32.1 Å². The van der Waals surface area contributed by atoms with Gasteiger partial charge in [-0.2, -0.15) is 0 Å². The van der Waals surface area contributed by atoms with Gasteiger partial charge in [-0.1, -0.05) is 0 Å². The van der Waals surface area contributed by atoms with Crippen LogP contribution in [-0.2, 0) is 0 Å². The number of carbonyl (C=O) groups is 1. The second kappa shape index (κ2) is 4.24. The first-order chi connectivity index (χ1) is 7.83. The standard InChI is InChI=1S/C12H21N3O/c16-12(13-10-2-1-3-10)15-8-6-14(7-9-15)11-4-5-11/h10-11H,1-9H2,(H,13,16). The number of urea groups is 1. The number of hydrogen-bond donors (Lipinski definition) is 1. The fourth-order valence-electron chi connectivity index (χ4n) is 2.55. The molecule has 0 bridgehead atoms. The molecule has 90 valence electrons. The molecule has 2 aliphatic carbocycles. The van der Waals surface area contributed by atoms with Crippen LogP contribution in [0.5, 0.6) is 0 Å². The second-order valence-corrected chi connectivity index (χ2v) is 5.33. The van der Waals surface area contributed by atoms with Gasteiger partial charge in [0.15, 0.2) is 0 Å². The molecule has 0 atom stereocenters. The van der Waals surface area contributed by atoms with Crippen molar-refractivity contribution in [3.63, 3.8) is 0 Å². The van der Waals surface area contributed by atoms with Crippen molar-refractivity contribution in [3.05, 3.63) is 0 Å². The maximum absolute atomic E-state index is 11.9. The lowest BCUT2D eigenvalue weighted by atomic mass is 9.93. The Hall–Kier alpha value is -0.770. The first kappa shape index (κ1) is 10.4. The number of nitrogens with zero attached hydrogens (tertiary/aromatic N) is 2. The Morgan fingerprint density at radius 2 is 1.69 bits per heavy atom. The zero-order valence-corrected chi connectivity index (χ0v) is 9.82. The molecule has 0 spiro atoms. The molecule has 4 heteroatoms. The fourth-order valence-corrected chi connectivity index (χ4v) is 2.55. The third-order valence-electron chi connectivity index (χ3n) is 4.10. The minimum absolute atomic E-state index is 0.167. The summed E-state index contributed by atoms with van der Waals surface area (Å²) in [6.45, 7) is 3.97. The van der Waals surface area contributed by atoms with E-state index in [0.29, 0.717) is 6.04 Å². The summed E-state index contributed by atoms with van der Waals surface area (Å²) in [6, 6.07) is 1.48. The average Bonchev–Trinajstić information content (AvgIpc) is 3.07. The Morgan fingerprint density at radius 3 is 2.19 bits per heavy atom. The summed E-state index contributed by atoms with van der Waals surface area (Å²) in [5.41, 5.74) is 0. The molecular weight excluding hydrogens is 202 g/mol. The topological polar surface area (TPSA) is 35.6 Å². The molecule has 0 radical (unpaired) electrons. The molecule has 1 saturated heterocycles. The highest BCUT2D eigenvalue weighted by molar-refractivity contribution is 5.74. The van der Waals surface area contributed by atoms with Crippen molar-refractivity contribution in [1.29, 1.82) is 0 Å². The minimum Gasteiger partial charge on any atom is -0.335 e. The molecule has 4 nitrogen and oxygen atoms in total. The number of amides is 2. The maximum Gasteiger partial charge on any atom is 0.317 e. The van der Waals surface area contributed by atoms with Crippen LogP contribution in [0.25, 0.3) is 0 Å². The summed E-state index contributed by atoms with van der Waals surface area (Å²) in [7, 11) is 0. The molecule has 1 aliphatic heterocycles. The van der Waals surface area contributed by atoms with Gasteiger partial charge in [-0.25, -0.2) is 4.79 Å². The van der Waals surface area contributed by atoms with Crippen LogP contribution in [0, 0.1) is 0 Å². The SMILES string of the molecule is O=C(NC1CCC1)N1CCN(C2CC2)CC1. The van der Waals surface area contributed by atoms with Gasteiger partial charge in [-0.3, -0.25) is 4.90 Å². The number of nitrogens with one attached hydrogen (secondary N) is 1. The van der Waals surface area contributed by atoms with Crippen LogP contribution in [0.15, 0.2) is 0 Å². The largest absolute Gasteiger partial charge is 0.335 e. The van der Waals surface area contributed by atoms with E-state index in [2.05, 4.69) is 10.2 Å². The number of hydrogen-bond acceptors (Lipinski definition) is 2. The Bertz CT molecular complexity index is 265. The zero-order chi connectivity index (χ0) is 11.0. The molecule has 3 rings (SSSR count). The van der Waals surface area contributed by atoms with E-state index in [9.17, 15) is 4.79 Å². The summed E-state index contributed by atoms with van der Waals surface area (Å²) < 4.78 is 0. The zero-order valence-electron chi connectivity index (χ0n) is 9.82. The van der Waals surface area contributed by atoms with Crippen LogP contribution in [0.3, 0.4) is 0 Å². The Balaban J connectivity index is 1.43. The van der Waals surface area contributed by atoms with Crippen LogP contribution in [0.1, 0.15) is 32.1 Å². The molecule has 16 heavy (non-hydrogen) atoms. The van der Waals surface area contributed by atoms with E-state index in [0.717, 1.165) is 32.2 Å². The van der Waals surface area contributed by atoms with Gasteiger partial charge in [0.05, 0.1) is 0 Å². The van der Waals surface area contributed by atoms with E-state index in [4.69, 9.17) is 0 Å². The van der Waals surface area contributed by atoms with Crippen LogP contribution in [-0.4, -0.2) is 54.1 Å². The lowest BCUT2D eigenvalue weighted by Gasteiger charge is -2.36. The summed E-state index contributed by atoms with van der Waals surface area (Å²) in [4.78, 5) is 16.4. The summed E-state index contributed by atoms with van der Waals surface area (Å²) in [5.74, 6) is 0. The third-order valence-corrected chi connectivity index (χ3v) is 4.10. The van der Waals surface area contributed by atoms with Gasteiger partial charge in [0.25, 0.3) is 0 Å². The molecule has 0 unspecified atom stereocenters. The van der Waals surface area contributed by atoms with Crippen molar-refractivity contribution in [3.8, 4) is 0 Å². The first-order valence-electron chi connectivity index (χ1n) is 6.62. The highest BCUT2D eigenvalue weighted by atomic mass is 16.2. The van der Waals surface area contributed by atoms with Crippen molar-refractivity contribution >= 4 is 6.03 Å². The summed E-state index contributed by atoms with van der Waals surface area (Å²) >= 11 is 0. The molecule has 1 N–H and O–H groups in total. The molecule has 2 saturated carbocycles. The molecule has 0 aromatic carbocycles. The third kappa shape index (κ3) is 2.17. The highest BCUT2D eigenvalue weighted by Crippen LogP contribution is 2.27. The van der Waals surface area contributed by atoms with Crippen molar-refractivity contribution in [2.75, 3.05) is 26.2 Å². The van der Waals surface area contributed by atoms with E-state index < -0.39 is 0 Å². The van der Waals surface area contributed by atoms with E-state index in [1.54, 1.807) is 0 Å². The van der Waals surface area contributed by atoms with E-state index in [1.807, 2.05) is 4.90 Å². The molecule has 0 aromatic rings. The molecule has 3 aliphatic rings. The van der Waals surface area contributed by atoms with Gasteiger partial charge < -0.3 is 10.2 Å². The van der Waals surface area contributed by atoms with Crippen molar-refractivity contribution in [1.82, 2.24) is 15.1 Å². The van der Waals surface area contributed by atoms with Crippen molar-refractivity contribution < 1.29 is 4.79 Å². The van der Waals surface area contributed by atoms with Crippen molar-refractivity contribution in [2.24, 2.45) is 0 Å². The Labute approximate surface area is 97.0 Å². The monoisotopic (exact) mass is 223 g/mol. The normalized spacial score (nSPS) is 27.6. The molecular formula is C12H21N3O. The lowest BCUT2D eigenvalue weighted by molar-refractivity contribution is 0.130. The van der Waals surface area contributed by atoms with E-state index in [-0.39, 0.29) is 6.03 Å². The molecule has 3 fully saturated rings. The van der Waals surface area contributed by atoms with E-state index >= 15 is 0 Å². The van der Waals surface area contributed by atoms with Crippen molar-refractivity contribution in [2.45, 2.75) is 44.2 Å². The predicted octanol–water partition coefficient (Wildman–Crippen LogP) is 1.03. The Kier molecular flexibility index (Phi) is 2.75. The molecule has 1 heterocycles. The van der Waals surface area contributed by atoms with Crippen LogP contribution < -0.4 is 5.32 Å². The summed E-state index contributed by atoms with van der Waals surface area (Å²) in [6.07, 6.45) is 6.37. The minimum atomic E-state index is 0.167. The molecule has 2 amide bonds. The van der Waals surface area contributed by atoms with Gasteiger partial charge in [-0.15, -0.1) is 0 Å². The van der Waals surface area contributed by atoms with Gasteiger partial charge in [0, 0.05) is 38.3 Å². The highest BCUT2D eigenvalue weighted by Gasteiger charge is 2.32. The average molecular weight is 223 g/mol. The van der Waals surface area contributed by atoms with Gasteiger partial charge in [0.2, 0.25) is 0 Å². The van der Waals surface area contributed by atoms with Gasteiger partial charge >= 0.3 is 6.03 Å². The number of rotatable bonds is 2. The van der Waals surface area contributed by atoms with Crippen LogP contribution in [0.2, 0.25) is 0 Å². The summed E-state index contributed by atoms with van der Waals surface area (Å²) in [5, 5.41) is 3.11. The maximum atomic E-state index is 11.9. The first-order valence-corrected chi connectivity index (χ1v) is 6.62. The molecule has 0 aromatic heterocycles. The fraction of sp³-hybridized carbons (Fsp3) is 0.917. The van der Waals surface area contributed by atoms with E-state index in [1.165, 1.54) is 32.1 Å². The van der Waals surface area contributed by atoms with Crippen LogP contribution >= 0.6 is 0 Å². The van der Waals surface area contributed by atoms with Crippen LogP contribution in [0.4, 0.5) is 4.79 Å². The smallest absolute Gasteiger partial charge is 0.317 e.